The minimum atomic E-state index is -4.00. The highest BCUT2D eigenvalue weighted by atomic mass is 32.2. The van der Waals surface area contributed by atoms with Gasteiger partial charge in [0.1, 0.15) is 22.3 Å². The molecule has 2 rings (SSSR count). The SMILES string of the molecule is N#Cc1c(F)cccc1S(=O)(=O)N1CCCC(N=C=O)C1. The zero-order chi connectivity index (χ0) is 15.5. The van der Waals surface area contributed by atoms with Crippen molar-refractivity contribution in [2.75, 3.05) is 13.1 Å². The lowest BCUT2D eigenvalue weighted by Crippen LogP contribution is -2.41. The number of nitriles is 1. The third kappa shape index (κ3) is 3.00. The zero-order valence-electron chi connectivity index (χ0n) is 11.0. The third-order valence-corrected chi connectivity index (χ3v) is 5.21. The van der Waals surface area contributed by atoms with Gasteiger partial charge in [-0.05, 0) is 25.0 Å². The topological polar surface area (TPSA) is 90.6 Å². The number of aliphatic imine (C=N–C) groups is 1. The van der Waals surface area contributed by atoms with Crippen LogP contribution in [0.25, 0.3) is 0 Å². The molecular weight excluding hydrogens is 297 g/mol. The van der Waals surface area contributed by atoms with E-state index in [1.165, 1.54) is 18.2 Å². The molecule has 0 aliphatic carbocycles. The van der Waals surface area contributed by atoms with Crippen molar-refractivity contribution in [2.24, 2.45) is 4.99 Å². The van der Waals surface area contributed by atoms with Gasteiger partial charge in [-0.2, -0.15) is 9.57 Å². The molecule has 8 heteroatoms. The van der Waals surface area contributed by atoms with Crippen LogP contribution >= 0.6 is 0 Å². The van der Waals surface area contributed by atoms with Gasteiger partial charge in [-0.15, -0.1) is 0 Å². The number of carbonyl (C=O) groups excluding carboxylic acids is 1. The number of benzene rings is 1. The molecule has 1 aromatic carbocycles. The molecule has 0 bridgehead atoms. The van der Waals surface area contributed by atoms with Gasteiger partial charge in [0.25, 0.3) is 0 Å². The Morgan fingerprint density at radius 1 is 1.43 bits per heavy atom. The van der Waals surface area contributed by atoms with Gasteiger partial charge in [0.05, 0.1) is 6.04 Å². The van der Waals surface area contributed by atoms with Gasteiger partial charge in [0.2, 0.25) is 16.1 Å². The minimum absolute atomic E-state index is 0.0267. The number of isocyanates is 1. The van der Waals surface area contributed by atoms with Crippen molar-refractivity contribution < 1.29 is 17.6 Å². The number of hydrogen-bond acceptors (Lipinski definition) is 5. The summed E-state index contributed by atoms with van der Waals surface area (Å²) in [5.74, 6) is -0.877. The largest absolute Gasteiger partial charge is 0.244 e. The van der Waals surface area contributed by atoms with E-state index in [4.69, 9.17) is 5.26 Å². The Hall–Kier alpha value is -2.07. The molecule has 1 aliphatic heterocycles. The van der Waals surface area contributed by atoms with Crippen LogP contribution in [0.5, 0.6) is 0 Å². The van der Waals surface area contributed by atoms with Gasteiger partial charge in [0, 0.05) is 13.1 Å². The molecule has 1 fully saturated rings. The van der Waals surface area contributed by atoms with E-state index in [1.807, 2.05) is 0 Å². The smallest absolute Gasteiger partial charge is 0.211 e. The van der Waals surface area contributed by atoms with Crippen molar-refractivity contribution in [3.8, 4) is 6.07 Å². The highest BCUT2D eigenvalue weighted by Gasteiger charge is 2.32. The summed E-state index contributed by atoms with van der Waals surface area (Å²) in [6.45, 7) is 0.271. The molecule has 1 unspecified atom stereocenters. The van der Waals surface area contributed by atoms with Gasteiger partial charge in [-0.3, -0.25) is 0 Å². The molecule has 0 spiro atoms. The molecule has 1 atom stereocenters. The van der Waals surface area contributed by atoms with E-state index in [-0.39, 0.29) is 18.0 Å². The molecule has 0 N–H and O–H groups in total. The lowest BCUT2D eigenvalue weighted by atomic mass is 10.1. The Kier molecular flexibility index (Phi) is 4.48. The van der Waals surface area contributed by atoms with Gasteiger partial charge < -0.3 is 0 Å². The number of halogens is 1. The van der Waals surface area contributed by atoms with Crippen molar-refractivity contribution in [2.45, 2.75) is 23.8 Å². The van der Waals surface area contributed by atoms with Crippen LogP contribution in [-0.4, -0.2) is 37.9 Å². The van der Waals surface area contributed by atoms with Crippen LogP contribution in [0.4, 0.5) is 4.39 Å². The van der Waals surface area contributed by atoms with E-state index in [1.54, 1.807) is 6.07 Å². The highest BCUT2D eigenvalue weighted by molar-refractivity contribution is 7.89. The third-order valence-electron chi connectivity index (χ3n) is 3.30. The molecule has 1 aliphatic rings. The Bertz CT molecular complexity index is 736. The second-order valence-corrected chi connectivity index (χ2v) is 6.51. The van der Waals surface area contributed by atoms with Crippen molar-refractivity contribution in [3.63, 3.8) is 0 Å². The normalized spacial score (nSPS) is 19.5. The summed E-state index contributed by atoms with van der Waals surface area (Å²) >= 11 is 0. The molecule has 0 aromatic heterocycles. The van der Waals surface area contributed by atoms with E-state index in [2.05, 4.69) is 4.99 Å². The molecule has 0 radical (unpaired) electrons. The Morgan fingerprint density at radius 2 is 2.19 bits per heavy atom. The maximum Gasteiger partial charge on any atom is 0.244 e. The number of hydrogen-bond donors (Lipinski definition) is 0. The first-order chi connectivity index (χ1) is 10.0. The number of nitrogens with zero attached hydrogens (tertiary/aromatic N) is 3. The van der Waals surface area contributed by atoms with Gasteiger partial charge in [-0.1, -0.05) is 6.07 Å². The van der Waals surface area contributed by atoms with Crippen LogP contribution in [0.2, 0.25) is 0 Å². The average Bonchev–Trinajstić information content (AvgIpc) is 2.47. The van der Waals surface area contributed by atoms with E-state index in [9.17, 15) is 17.6 Å². The number of rotatable bonds is 3. The van der Waals surface area contributed by atoms with Crippen molar-refractivity contribution in [1.29, 1.82) is 5.26 Å². The quantitative estimate of drug-likeness (QED) is 0.619. The summed E-state index contributed by atoms with van der Waals surface area (Å²) in [7, 11) is -4.00. The van der Waals surface area contributed by atoms with E-state index in [0.29, 0.717) is 12.8 Å². The minimum Gasteiger partial charge on any atom is -0.211 e. The standard InChI is InChI=1S/C13H12FN3O3S/c14-12-4-1-5-13(11(12)7-15)21(19,20)17-6-2-3-10(8-17)16-9-18/h1,4-5,10H,2-3,6,8H2. The summed E-state index contributed by atoms with van der Waals surface area (Å²) in [4.78, 5) is 13.5. The molecule has 110 valence electrons. The Labute approximate surface area is 121 Å². The molecule has 0 amide bonds. The fourth-order valence-corrected chi connectivity index (χ4v) is 3.95. The van der Waals surface area contributed by atoms with Crippen molar-refractivity contribution >= 4 is 16.1 Å². The second-order valence-electron chi connectivity index (χ2n) is 4.60. The average molecular weight is 309 g/mol. The predicted molar refractivity (Wildman–Crippen MR) is 71.0 cm³/mol. The lowest BCUT2D eigenvalue weighted by molar-refractivity contribution is 0.316. The monoisotopic (exact) mass is 309 g/mol. The van der Waals surface area contributed by atoms with E-state index < -0.39 is 27.4 Å². The van der Waals surface area contributed by atoms with Crippen LogP contribution < -0.4 is 0 Å². The first-order valence-electron chi connectivity index (χ1n) is 6.26. The molecule has 1 saturated heterocycles. The van der Waals surface area contributed by atoms with Crippen LogP contribution in [-0.2, 0) is 14.8 Å². The molecule has 21 heavy (non-hydrogen) atoms. The lowest BCUT2D eigenvalue weighted by Gasteiger charge is -2.29. The number of piperidine rings is 1. The fraction of sp³-hybridized carbons (Fsp3) is 0.385. The van der Waals surface area contributed by atoms with Crippen molar-refractivity contribution in [3.05, 3.63) is 29.6 Å². The Morgan fingerprint density at radius 3 is 2.86 bits per heavy atom. The molecule has 1 heterocycles. The first kappa shape index (κ1) is 15.3. The maximum absolute atomic E-state index is 13.6. The van der Waals surface area contributed by atoms with Crippen LogP contribution in [0, 0.1) is 17.1 Å². The second kappa shape index (κ2) is 6.14. The van der Waals surface area contributed by atoms with Gasteiger partial charge in [-0.25, -0.2) is 22.6 Å². The summed E-state index contributed by atoms with van der Waals surface area (Å²) in [5, 5.41) is 8.95. The summed E-state index contributed by atoms with van der Waals surface area (Å²) in [6.07, 6.45) is 2.55. The molecular formula is C13H12FN3O3S. The van der Waals surface area contributed by atoms with Crippen molar-refractivity contribution in [1.82, 2.24) is 4.31 Å². The van der Waals surface area contributed by atoms with Crippen LogP contribution in [0.3, 0.4) is 0 Å². The zero-order valence-corrected chi connectivity index (χ0v) is 11.8. The summed E-state index contributed by atoms with van der Waals surface area (Å²) in [6, 6.07) is 4.60. The van der Waals surface area contributed by atoms with Crippen LogP contribution in [0.1, 0.15) is 18.4 Å². The van der Waals surface area contributed by atoms with E-state index >= 15 is 0 Å². The fourth-order valence-electron chi connectivity index (χ4n) is 2.29. The van der Waals surface area contributed by atoms with E-state index in [0.717, 1.165) is 10.4 Å². The summed E-state index contributed by atoms with van der Waals surface area (Å²) in [5.41, 5.74) is -0.501. The van der Waals surface area contributed by atoms with Gasteiger partial charge in [0.15, 0.2) is 0 Å². The summed E-state index contributed by atoms with van der Waals surface area (Å²) < 4.78 is 39.8. The Balaban J connectivity index is 2.41. The van der Waals surface area contributed by atoms with Crippen LogP contribution in [0.15, 0.2) is 28.1 Å². The first-order valence-corrected chi connectivity index (χ1v) is 7.70. The highest BCUT2D eigenvalue weighted by Crippen LogP contribution is 2.25. The maximum atomic E-state index is 13.6. The number of sulfonamides is 1. The molecule has 6 nitrogen and oxygen atoms in total. The van der Waals surface area contributed by atoms with Gasteiger partial charge >= 0.3 is 0 Å². The molecule has 0 saturated carbocycles. The predicted octanol–water partition coefficient (Wildman–Crippen LogP) is 1.19. The molecule has 1 aromatic rings.